The molecule has 3 aromatic rings. The van der Waals surface area contributed by atoms with Crippen molar-refractivity contribution in [3.05, 3.63) is 95.3 Å². The Hall–Kier alpha value is -2.73. The Labute approximate surface area is 191 Å². The lowest BCUT2D eigenvalue weighted by Crippen LogP contribution is -2.38. The molecule has 0 unspecified atom stereocenters. The van der Waals surface area contributed by atoms with E-state index in [0.29, 0.717) is 13.2 Å². The molecule has 0 spiro atoms. The quantitative estimate of drug-likeness (QED) is 0.528. The maximum atomic E-state index is 10.5. The van der Waals surface area contributed by atoms with Crippen molar-refractivity contribution in [2.75, 3.05) is 26.2 Å². The van der Waals surface area contributed by atoms with Gasteiger partial charge in [-0.05, 0) is 59.5 Å². The molecule has 1 atom stereocenters. The molecule has 5 heteroatoms. The molecule has 0 bridgehead atoms. The molecule has 1 N–H and O–H groups in total. The van der Waals surface area contributed by atoms with E-state index in [1.54, 1.807) is 0 Å². The Bertz CT molecular complexity index is 979. The summed E-state index contributed by atoms with van der Waals surface area (Å²) in [6.07, 6.45) is 4.21. The smallest absolute Gasteiger partial charge is 0.119 e. The Morgan fingerprint density at radius 3 is 2.59 bits per heavy atom. The number of fused-ring (bicyclic) bond motifs is 1. The van der Waals surface area contributed by atoms with E-state index in [9.17, 15) is 5.11 Å². The second-order valence-corrected chi connectivity index (χ2v) is 8.52. The minimum Gasteiger partial charge on any atom is -0.491 e. The van der Waals surface area contributed by atoms with Crippen LogP contribution in [0.5, 0.6) is 5.75 Å². The van der Waals surface area contributed by atoms with E-state index in [1.807, 2.05) is 24.5 Å². The van der Waals surface area contributed by atoms with E-state index in [0.717, 1.165) is 44.9 Å². The number of β-amino-alcohol motifs (C(OH)–C–C–N with tert-alkyl or cyclic N) is 1. The second kappa shape index (κ2) is 11.2. The Morgan fingerprint density at radius 1 is 1.00 bits per heavy atom. The number of aromatic nitrogens is 1. The van der Waals surface area contributed by atoms with Crippen molar-refractivity contribution in [1.29, 1.82) is 0 Å². The first-order chi connectivity index (χ1) is 15.7. The highest BCUT2D eigenvalue weighted by Gasteiger charge is 2.18. The first-order valence-corrected chi connectivity index (χ1v) is 11.5. The number of hydrogen-bond acceptors (Lipinski definition) is 5. The van der Waals surface area contributed by atoms with Crippen LogP contribution in [-0.4, -0.2) is 52.2 Å². The molecule has 0 fully saturated rings. The molecule has 168 valence electrons. The van der Waals surface area contributed by atoms with Crippen molar-refractivity contribution in [2.24, 2.45) is 0 Å². The minimum absolute atomic E-state index is 0.302. The summed E-state index contributed by atoms with van der Waals surface area (Å²) in [6.45, 7) is 7.69. The SMILES string of the molecule is CCN(Cc1ccncc1)Cc1cccc(OC[C@@H](O)CN2CCc3ccccc3C2)c1. The van der Waals surface area contributed by atoms with Crippen LogP contribution in [-0.2, 0) is 26.1 Å². The van der Waals surface area contributed by atoms with Gasteiger partial charge in [-0.15, -0.1) is 0 Å². The fourth-order valence-electron chi connectivity index (χ4n) is 4.27. The number of aliphatic hydroxyl groups excluding tert-OH is 1. The van der Waals surface area contributed by atoms with Crippen LogP contribution in [0.2, 0.25) is 0 Å². The summed E-state index contributed by atoms with van der Waals surface area (Å²) in [5, 5.41) is 10.5. The first-order valence-electron chi connectivity index (χ1n) is 11.5. The first kappa shape index (κ1) is 22.5. The number of nitrogens with zero attached hydrogens (tertiary/aromatic N) is 3. The molecular weight excluding hydrogens is 398 g/mol. The van der Waals surface area contributed by atoms with Gasteiger partial charge in [-0.1, -0.05) is 43.3 Å². The van der Waals surface area contributed by atoms with Gasteiger partial charge in [0, 0.05) is 45.1 Å². The molecule has 0 saturated heterocycles. The summed E-state index contributed by atoms with van der Waals surface area (Å²) < 4.78 is 5.95. The maximum Gasteiger partial charge on any atom is 0.119 e. The summed E-state index contributed by atoms with van der Waals surface area (Å²) in [5.74, 6) is 0.811. The van der Waals surface area contributed by atoms with Gasteiger partial charge < -0.3 is 9.84 Å². The van der Waals surface area contributed by atoms with Gasteiger partial charge in [-0.3, -0.25) is 14.8 Å². The zero-order chi connectivity index (χ0) is 22.2. The van der Waals surface area contributed by atoms with Gasteiger partial charge in [0.05, 0.1) is 0 Å². The van der Waals surface area contributed by atoms with Gasteiger partial charge in [0.1, 0.15) is 18.5 Å². The van der Waals surface area contributed by atoms with Crippen molar-refractivity contribution in [3.8, 4) is 5.75 Å². The van der Waals surface area contributed by atoms with Crippen molar-refractivity contribution >= 4 is 0 Å². The van der Waals surface area contributed by atoms with Gasteiger partial charge in [-0.2, -0.15) is 0 Å². The van der Waals surface area contributed by atoms with E-state index in [1.165, 1.54) is 22.3 Å². The third-order valence-corrected chi connectivity index (χ3v) is 6.03. The molecule has 0 saturated carbocycles. The highest BCUT2D eigenvalue weighted by atomic mass is 16.5. The van der Waals surface area contributed by atoms with E-state index in [-0.39, 0.29) is 0 Å². The fraction of sp³-hybridized carbons (Fsp3) is 0.370. The van der Waals surface area contributed by atoms with Crippen LogP contribution >= 0.6 is 0 Å². The number of aliphatic hydroxyl groups is 1. The van der Waals surface area contributed by atoms with Crippen LogP contribution in [0, 0.1) is 0 Å². The van der Waals surface area contributed by atoms with E-state index >= 15 is 0 Å². The number of hydrogen-bond donors (Lipinski definition) is 1. The van der Waals surface area contributed by atoms with Gasteiger partial charge in [0.15, 0.2) is 0 Å². The monoisotopic (exact) mass is 431 g/mol. The van der Waals surface area contributed by atoms with Crippen molar-refractivity contribution < 1.29 is 9.84 Å². The third kappa shape index (κ3) is 6.39. The van der Waals surface area contributed by atoms with Crippen LogP contribution in [0.1, 0.15) is 29.2 Å². The molecule has 2 heterocycles. The normalized spacial score (nSPS) is 14.8. The lowest BCUT2D eigenvalue weighted by molar-refractivity contribution is 0.0637. The predicted molar refractivity (Wildman–Crippen MR) is 127 cm³/mol. The molecule has 0 radical (unpaired) electrons. The molecule has 32 heavy (non-hydrogen) atoms. The fourth-order valence-corrected chi connectivity index (χ4v) is 4.27. The Morgan fingerprint density at radius 2 is 1.78 bits per heavy atom. The molecule has 1 aliphatic heterocycles. The van der Waals surface area contributed by atoms with E-state index in [2.05, 4.69) is 70.2 Å². The average Bonchev–Trinajstić information content (AvgIpc) is 2.83. The number of rotatable bonds is 10. The van der Waals surface area contributed by atoms with Crippen molar-refractivity contribution in [3.63, 3.8) is 0 Å². The summed E-state index contributed by atoms with van der Waals surface area (Å²) in [5.41, 5.74) is 5.27. The van der Waals surface area contributed by atoms with Gasteiger partial charge >= 0.3 is 0 Å². The van der Waals surface area contributed by atoms with E-state index in [4.69, 9.17) is 4.74 Å². The van der Waals surface area contributed by atoms with Gasteiger partial charge in [0.2, 0.25) is 0 Å². The molecule has 5 nitrogen and oxygen atoms in total. The number of ether oxygens (including phenoxy) is 1. The summed E-state index contributed by atoms with van der Waals surface area (Å²) in [7, 11) is 0. The highest BCUT2D eigenvalue weighted by molar-refractivity contribution is 5.30. The lowest BCUT2D eigenvalue weighted by atomic mass is 10.00. The molecule has 0 aliphatic carbocycles. The zero-order valence-electron chi connectivity index (χ0n) is 18.9. The molecular formula is C27H33N3O2. The lowest BCUT2D eigenvalue weighted by Gasteiger charge is -2.30. The highest BCUT2D eigenvalue weighted by Crippen LogP contribution is 2.19. The van der Waals surface area contributed by atoms with Crippen LogP contribution < -0.4 is 4.74 Å². The zero-order valence-corrected chi connectivity index (χ0v) is 18.9. The molecule has 1 aromatic heterocycles. The largest absolute Gasteiger partial charge is 0.491 e. The van der Waals surface area contributed by atoms with Crippen LogP contribution in [0.3, 0.4) is 0 Å². The van der Waals surface area contributed by atoms with Gasteiger partial charge in [-0.25, -0.2) is 0 Å². The topological polar surface area (TPSA) is 48.8 Å². The van der Waals surface area contributed by atoms with Crippen molar-refractivity contribution in [1.82, 2.24) is 14.8 Å². The number of pyridine rings is 1. The van der Waals surface area contributed by atoms with Crippen LogP contribution in [0.15, 0.2) is 73.1 Å². The Kier molecular flexibility index (Phi) is 7.88. The van der Waals surface area contributed by atoms with Crippen LogP contribution in [0.4, 0.5) is 0 Å². The summed E-state index contributed by atoms with van der Waals surface area (Å²) in [6, 6.07) is 20.9. The van der Waals surface area contributed by atoms with Crippen LogP contribution in [0.25, 0.3) is 0 Å². The maximum absolute atomic E-state index is 10.5. The number of benzene rings is 2. The average molecular weight is 432 g/mol. The van der Waals surface area contributed by atoms with Gasteiger partial charge in [0.25, 0.3) is 0 Å². The summed E-state index contributed by atoms with van der Waals surface area (Å²) in [4.78, 5) is 8.79. The Balaban J connectivity index is 1.26. The second-order valence-electron chi connectivity index (χ2n) is 8.52. The molecule has 4 rings (SSSR count). The molecule has 1 aliphatic rings. The van der Waals surface area contributed by atoms with E-state index < -0.39 is 6.10 Å². The minimum atomic E-state index is -0.511. The predicted octanol–water partition coefficient (Wildman–Crippen LogP) is 3.90. The molecule has 2 aromatic carbocycles. The van der Waals surface area contributed by atoms with Crippen molar-refractivity contribution in [2.45, 2.75) is 39.1 Å². The molecule has 0 amide bonds. The summed E-state index contributed by atoms with van der Waals surface area (Å²) >= 11 is 0. The third-order valence-electron chi connectivity index (χ3n) is 6.03. The standard InChI is InChI=1S/C27H33N3O2/c1-2-29(17-22-10-13-28-14-11-22)18-23-6-5-9-27(16-23)32-21-26(31)20-30-15-12-24-7-3-4-8-25(24)19-30/h3-11,13-14,16,26,31H,2,12,15,17-21H2,1H3/t26-/m0/s1.